The van der Waals surface area contributed by atoms with E-state index in [9.17, 15) is 38.4 Å². The van der Waals surface area contributed by atoms with Gasteiger partial charge < -0.3 is 42.5 Å². The van der Waals surface area contributed by atoms with Crippen molar-refractivity contribution in [3.05, 3.63) is 0 Å². The number of carbonyl (C=O) groups excluding carboxylic acids is 8. The first-order valence-electron chi connectivity index (χ1n) is 18.4. The zero-order valence-corrected chi connectivity index (χ0v) is 31.3. The summed E-state index contributed by atoms with van der Waals surface area (Å²) in [6.07, 6.45) is 5.44. The van der Waals surface area contributed by atoms with E-state index in [1.807, 2.05) is 27.7 Å². The Morgan fingerprint density at radius 1 is 0.294 bits per heavy atom. The second kappa shape index (κ2) is 30.6. The van der Waals surface area contributed by atoms with Crippen LogP contribution in [0.15, 0.2) is 0 Å². The molecule has 0 aliphatic heterocycles. The van der Waals surface area contributed by atoms with Gasteiger partial charge in [-0.2, -0.15) is 0 Å². The molecule has 0 atom stereocenters. The third-order valence-corrected chi connectivity index (χ3v) is 7.44. The molecular weight excluding hydrogens is 660 g/mol. The van der Waals surface area contributed by atoms with Crippen LogP contribution in [0.25, 0.3) is 0 Å². The molecular formula is C35H64N8O8. The third kappa shape index (κ3) is 32.7. The van der Waals surface area contributed by atoms with E-state index in [0.29, 0.717) is 37.8 Å². The maximum absolute atomic E-state index is 12.0. The molecule has 292 valence electrons. The van der Waals surface area contributed by atoms with Crippen LogP contribution in [-0.4, -0.2) is 99.6 Å². The summed E-state index contributed by atoms with van der Waals surface area (Å²) >= 11 is 0. The van der Waals surface area contributed by atoms with Crippen LogP contribution in [0.5, 0.6) is 0 Å². The molecule has 0 aromatic carbocycles. The van der Waals surface area contributed by atoms with Gasteiger partial charge in [-0.25, -0.2) is 0 Å². The predicted molar refractivity (Wildman–Crippen MR) is 194 cm³/mol. The zero-order chi connectivity index (χ0) is 38.3. The normalized spacial score (nSPS) is 10.6. The standard InChI is InChI=1S/C35H64N8O8/c1-26(2)8-10-28(44)38-20-14-32(48)42-24-16-34(50)40-22-12-30(46)36-18-6-5-7-19-37-31(47)13-23-41-35(51)17-25-43-33(49)15-21-39-29(45)11-9-27(3)4/h26-27H,5-25H2,1-4H3,(H,36,46)(H,37,47)(H,38,44)(H,39,45)(H,40,50)(H,41,51)(H,42,48)(H,43,49). The van der Waals surface area contributed by atoms with E-state index in [2.05, 4.69) is 42.5 Å². The summed E-state index contributed by atoms with van der Waals surface area (Å²) in [4.78, 5) is 94.9. The van der Waals surface area contributed by atoms with Crippen LogP contribution in [0, 0.1) is 11.8 Å². The van der Waals surface area contributed by atoms with Crippen LogP contribution in [0.3, 0.4) is 0 Å². The van der Waals surface area contributed by atoms with Crippen molar-refractivity contribution in [2.75, 3.05) is 52.4 Å². The Morgan fingerprint density at radius 2 is 0.490 bits per heavy atom. The number of amides is 8. The fourth-order valence-corrected chi connectivity index (χ4v) is 4.32. The first-order valence-corrected chi connectivity index (χ1v) is 18.4. The van der Waals surface area contributed by atoms with Gasteiger partial charge in [-0.05, 0) is 43.9 Å². The predicted octanol–water partition coefficient (Wildman–Crippen LogP) is 0.299. The van der Waals surface area contributed by atoms with Crippen molar-refractivity contribution in [1.82, 2.24) is 42.5 Å². The minimum absolute atomic E-state index is 0.0780. The summed E-state index contributed by atoms with van der Waals surface area (Å²) in [6.45, 7) is 10.3. The van der Waals surface area contributed by atoms with Crippen molar-refractivity contribution < 1.29 is 38.4 Å². The first kappa shape index (κ1) is 46.8. The zero-order valence-electron chi connectivity index (χ0n) is 31.3. The summed E-state index contributed by atoms with van der Waals surface area (Å²) in [5.41, 5.74) is 0. The van der Waals surface area contributed by atoms with Gasteiger partial charge in [0.25, 0.3) is 0 Å². The van der Waals surface area contributed by atoms with Crippen LogP contribution >= 0.6 is 0 Å². The Hall–Kier alpha value is -4.24. The molecule has 8 N–H and O–H groups in total. The second-order valence-electron chi connectivity index (χ2n) is 13.2. The molecule has 0 unspecified atom stereocenters. The van der Waals surface area contributed by atoms with Gasteiger partial charge in [0.2, 0.25) is 47.3 Å². The van der Waals surface area contributed by atoms with E-state index in [0.717, 1.165) is 32.1 Å². The molecule has 0 saturated carbocycles. The molecule has 16 heteroatoms. The average Bonchev–Trinajstić information content (AvgIpc) is 3.06. The van der Waals surface area contributed by atoms with E-state index in [4.69, 9.17) is 0 Å². The molecule has 0 rings (SSSR count). The van der Waals surface area contributed by atoms with Gasteiger partial charge in [0.15, 0.2) is 0 Å². The monoisotopic (exact) mass is 724 g/mol. The maximum Gasteiger partial charge on any atom is 0.221 e. The molecule has 0 saturated heterocycles. The molecule has 8 amide bonds. The second-order valence-corrected chi connectivity index (χ2v) is 13.2. The smallest absolute Gasteiger partial charge is 0.221 e. The van der Waals surface area contributed by atoms with Gasteiger partial charge in [0.1, 0.15) is 0 Å². The number of unbranched alkanes of at least 4 members (excludes halogenated alkanes) is 2. The highest BCUT2D eigenvalue weighted by atomic mass is 16.2. The van der Waals surface area contributed by atoms with Crippen molar-refractivity contribution in [2.45, 2.75) is 111 Å². The molecule has 51 heavy (non-hydrogen) atoms. The van der Waals surface area contributed by atoms with E-state index in [1.165, 1.54) is 0 Å². The van der Waals surface area contributed by atoms with Crippen LogP contribution in [0.4, 0.5) is 0 Å². The number of hydrogen-bond acceptors (Lipinski definition) is 8. The van der Waals surface area contributed by atoms with Gasteiger partial charge >= 0.3 is 0 Å². The molecule has 0 spiro atoms. The van der Waals surface area contributed by atoms with Gasteiger partial charge in [-0.3, -0.25) is 38.4 Å². The van der Waals surface area contributed by atoms with E-state index in [1.54, 1.807) is 0 Å². The third-order valence-electron chi connectivity index (χ3n) is 7.44. The molecule has 0 aliphatic rings. The number of hydrogen-bond donors (Lipinski definition) is 8. The quantitative estimate of drug-likeness (QED) is 0.0479. The fourth-order valence-electron chi connectivity index (χ4n) is 4.32. The average molecular weight is 725 g/mol. The fraction of sp³-hybridized carbons (Fsp3) is 0.771. The van der Waals surface area contributed by atoms with Crippen molar-refractivity contribution in [3.63, 3.8) is 0 Å². The van der Waals surface area contributed by atoms with E-state index < -0.39 is 0 Å². The van der Waals surface area contributed by atoms with E-state index >= 15 is 0 Å². The lowest BCUT2D eigenvalue weighted by molar-refractivity contribution is -0.125. The Balaban J connectivity index is 3.65. The first-order chi connectivity index (χ1) is 24.3. The summed E-state index contributed by atoms with van der Waals surface area (Å²) in [5, 5.41) is 21.6. The van der Waals surface area contributed by atoms with Gasteiger partial charge in [-0.1, -0.05) is 27.7 Å². The lowest BCUT2D eigenvalue weighted by Crippen LogP contribution is -2.35. The van der Waals surface area contributed by atoms with Crippen LogP contribution in [0.1, 0.15) is 111 Å². The minimum atomic E-state index is -0.275. The number of rotatable bonds is 30. The topological polar surface area (TPSA) is 233 Å². The Labute approximate surface area is 303 Å². The molecule has 0 aliphatic carbocycles. The molecule has 0 aromatic heterocycles. The van der Waals surface area contributed by atoms with Crippen LogP contribution in [0.2, 0.25) is 0 Å². The molecule has 0 bridgehead atoms. The molecule has 0 fully saturated rings. The SMILES string of the molecule is CC(C)CCC(=O)NCCC(=O)NCCC(=O)NCCC(=O)NCCCCCNC(=O)CCNC(=O)CCNC(=O)CCNC(=O)CCC(C)C. The van der Waals surface area contributed by atoms with Gasteiger partial charge in [0.05, 0.1) is 0 Å². The van der Waals surface area contributed by atoms with Crippen LogP contribution < -0.4 is 42.5 Å². The van der Waals surface area contributed by atoms with Crippen molar-refractivity contribution in [1.29, 1.82) is 0 Å². The summed E-state index contributed by atoms with van der Waals surface area (Å²) in [6, 6.07) is 0. The number of nitrogens with one attached hydrogen (secondary N) is 8. The van der Waals surface area contributed by atoms with Crippen LogP contribution in [-0.2, 0) is 38.4 Å². The van der Waals surface area contributed by atoms with E-state index in [-0.39, 0.29) is 125 Å². The van der Waals surface area contributed by atoms with Gasteiger partial charge in [-0.15, -0.1) is 0 Å². The molecule has 16 nitrogen and oxygen atoms in total. The minimum Gasteiger partial charge on any atom is -0.356 e. The maximum atomic E-state index is 12.0. The van der Waals surface area contributed by atoms with Crippen molar-refractivity contribution in [3.8, 4) is 0 Å². The molecule has 0 heterocycles. The summed E-state index contributed by atoms with van der Waals surface area (Å²) in [5.74, 6) is -0.700. The van der Waals surface area contributed by atoms with Gasteiger partial charge in [0, 0.05) is 104 Å². The molecule has 0 aromatic rings. The van der Waals surface area contributed by atoms with Crippen molar-refractivity contribution >= 4 is 47.3 Å². The number of carbonyl (C=O) groups is 8. The Morgan fingerprint density at radius 3 is 0.706 bits per heavy atom. The highest BCUT2D eigenvalue weighted by molar-refractivity contribution is 5.82. The van der Waals surface area contributed by atoms with Crippen molar-refractivity contribution in [2.24, 2.45) is 11.8 Å². The largest absolute Gasteiger partial charge is 0.356 e. The summed E-state index contributed by atoms with van der Waals surface area (Å²) < 4.78 is 0. The lowest BCUT2D eigenvalue weighted by Gasteiger charge is -2.09. The molecule has 0 radical (unpaired) electrons. The lowest BCUT2D eigenvalue weighted by atomic mass is 10.1. The highest BCUT2D eigenvalue weighted by Gasteiger charge is 2.09. The highest BCUT2D eigenvalue weighted by Crippen LogP contribution is 2.03. The summed E-state index contributed by atoms with van der Waals surface area (Å²) in [7, 11) is 0. The Bertz CT molecular complexity index is 1000. The Kier molecular flexibility index (Phi) is 28.0.